The molecule has 2 amide bonds. The van der Waals surface area contributed by atoms with Crippen LogP contribution < -0.4 is 5.32 Å². The smallest absolute Gasteiger partial charge is 0.321 e. The SMILES string of the molecule is CC(C)c1ccccc1NC(=O)N1CCC(C(C)O)CC1. The molecule has 1 aromatic rings. The molecule has 0 radical (unpaired) electrons. The lowest BCUT2D eigenvalue weighted by atomic mass is 9.92. The fraction of sp³-hybridized carbons (Fsp3) is 0.588. The summed E-state index contributed by atoms with van der Waals surface area (Å²) < 4.78 is 0. The van der Waals surface area contributed by atoms with E-state index in [1.54, 1.807) is 0 Å². The summed E-state index contributed by atoms with van der Waals surface area (Å²) in [6.07, 6.45) is 1.46. The van der Waals surface area contributed by atoms with E-state index in [-0.39, 0.29) is 12.1 Å². The Hall–Kier alpha value is -1.55. The summed E-state index contributed by atoms with van der Waals surface area (Å²) in [5.74, 6) is 0.694. The van der Waals surface area contributed by atoms with Crippen molar-refractivity contribution in [3.63, 3.8) is 0 Å². The van der Waals surface area contributed by atoms with E-state index >= 15 is 0 Å². The van der Waals surface area contributed by atoms with E-state index in [0.717, 1.165) is 24.1 Å². The summed E-state index contributed by atoms with van der Waals surface area (Å²) in [6, 6.07) is 7.92. The number of para-hydroxylation sites is 1. The number of aliphatic hydroxyl groups excluding tert-OH is 1. The van der Waals surface area contributed by atoms with Gasteiger partial charge in [0.15, 0.2) is 0 Å². The standard InChI is InChI=1S/C17H26N2O2/c1-12(2)15-6-4-5-7-16(15)18-17(21)19-10-8-14(9-11-19)13(3)20/h4-7,12-14,20H,8-11H2,1-3H3,(H,18,21). The molecule has 1 atom stereocenters. The molecule has 1 saturated heterocycles. The van der Waals surface area contributed by atoms with Gasteiger partial charge in [-0.15, -0.1) is 0 Å². The van der Waals surface area contributed by atoms with Crippen molar-refractivity contribution >= 4 is 11.7 Å². The summed E-state index contributed by atoms with van der Waals surface area (Å²) in [4.78, 5) is 14.2. The molecule has 4 nitrogen and oxygen atoms in total. The third-order valence-corrected chi connectivity index (χ3v) is 4.33. The molecule has 2 rings (SSSR count). The summed E-state index contributed by atoms with van der Waals surface area (Å²) in [7, 11) is 0. The second-order valence-corrected chi connectivity index (χ2v) is 6.24. The fourth-order valence-corrected chi connectivity index (χ4v) is 2.89. The number of rotatable bonds is 3. The van der Waals surface area contributed by atoms with Crippen molar-refractivity contribution in [2.24, 2.45) is 5.92 Å². The number of hydrogen-bond acceptors (Lipinski definition) is 2. The van der Waals surface area contributed by atoms with Crippen LogP contribution in [0.3, 0.4) is 0 Å². The van der Waals surface area contributed by atoms with Gasteiger partial charge in [-0.2, -0.15) is 0 Å². The number of urea groups is 1. The van der Waals surface area contributed by atoms with E-state index in [0.29, 0.717) is 24.9 Å². The Morgan fingerprint density at radius 3 is 2.43 bits per heavy atom. The average molecular weight is 290 g/mol. The average Bonchev–Trinajstić information content (AvgIpc) is 2.47. The van der Waals surface area contributed by atoms with E-state index < -0.39 is 0 Å². The highest BCUT2D eigenvalue weighted by Crippen LogP contribution is 2.25. The fourth-order valence-electron chi connectivity index (χ4n) is 2.89. The summed E-state index contributed by atoms with van der Waals surface area (Å²) in [5.41, 5.74) is 2.06. The molecular formula is C17H26N2O2. The maximum atomic E-state index is 12.4. The van der Waals surface area contributed by atoms with Gasteiger partial charge in [-0.25, -0.2) is 4.79 Å². The maximum Gasteiger partial charge on any atom is 0.321 e. The Morgan fingerprint density at radius 2 is 1.86 bits per heavy atom. The number of benzene rings is 1. The first-order chi connectivity index (χ1) is 9.99. The van der Waals surface area contributed by atoms with Gasteiger partial charge in [-0.1, -0.05) is 32.0 Å². The zero-order chi connectivity index (χ0) is 15.4. The minimum atomic E-state index is -0.281. The number of nitrogens with zero attached hydrogens (tertiary/aromatic N) is 1. The highest BCUT2D eigenvalue weighted by Gasteiger charge is 2.25. The third-order valence-electron chi connectivity index (χ3n) is 4.33. The second kappa shape index (κ2) is 6.94. The molecule has 1 aliphatic heterocycles. The second-order valence-electron chi connectivity index (χ2n) is 6.24. The predicted molar refractivity (Wildman–Crippen MR) is 85.5 cm³/mol. The number of nitrogens with one attached hydrogen (secondary N) is 1. The molecule has 1 aliphatic rings. The normalized spacial score (nSPS) is 17.9. The molecule has 21 heavy (non-hydrogen) atoms. The molecule has 2 N–H and O–H groups in total. The van der Waals surface area contributed by atoms with Gasteiger partial charge in [-0.05, 0) is 43.2 Å². The summed E-state index contributed by atoms with van der Waals surface area (Å²) >= 11 is 0. The van der Waals surface area contributed by atoms with Crippen molar-refractivity contribution < 1.29 is 9.90 Å². The Labute approximate surface area is 127 Å². The highest BCUT2D eigenvalue weighted by atomic mass is 16.3. The maximum absolute atomic E-state index is 12.4. The number of carbonyl (C=O) groups excluding carboxylic acids is 1. The van der Waals surface area contributed by atoms with E-state index in [1.165, 1.54) is 0 Å². The van der Waals surface area contributed by atoms with Gasteiger partial charge in [0, 0.05) is 18.8 Å². The highest BCUT2D eigenvalue weighted by molar-refractivity contribution is 5.90. The number of likely N-dealkylation sites (tertiary alicyclic amines) is 1. The molecule has 1 aromatic carbocycles. The first kappa shape index (κ1) is 15.8. The molecule has 4 heteroatoms. The Kier molecular flexibility index (Phi) is 5.23. The van der Waals surface area contributed by atoms with Gasteiger partial charge in [0.05, 0.1) is 6.10 Å². The topological polar surface area (TPSA) is 52.6 Å². The number of anilines is 1. The molecule has 0 aliphatic carbocycles. The zero-order valence-corrected chi connectivity index (χ0v) is 13.2. The third kappa shape index (κ3) is 3.97. The molecule has 0 aromatic heterocycles. The number of hydrogen-bond donors (Lipinski definition) is 2. The van der Waals surface area contributed by atoms with Crippen LogP contribution in [0.25, 0.3) is 0 Å². The first-order valence-corrected chi connectivity index (χ1v) is 7.82. The van der Waals surface area contributed by atoms with Crippen LogP contribution in [0.15, 0.2) is 24.3 Å². The quantitative estimate of drug-likeness (QED) is 0.896. The van der Waals surface area contributed by atoms with Crippen molar-refractivity contribution in [1.29, 1.82) is 0 Å². The van der Waals surface area contributed by atoms with E-state index in [2.05, 4.69) is 25.2 Å². The van der Waals surface area contributed by atoms with Crippen molar-refractivity contribution in [2.75, 3.05) is 18.4 Å². The Bertz CT molecular complexity index is 477. The molecule has 1 heterocycles. The van der Waals surface area contributed by atoms with E-state index in [1.807, 2.05) is 30.0 Å². The zero-order valence-electron chi connectivity index (χ0n) is 13.2. The van der Waals surface area contributed by atoms with Gasteiger partial charge < -0.3 is 15.3 Å². The van der Waals surface area contributed by atoms with Crippen LogP contribution in [0.5, 0.6) is 0 Å². The first-order valence-electron chi connectivity index (χ1n) is 7.82. The van der Waals surface area contributed by atoms with E-state index in [4.69, 9.17) is 0 Å². The van der Waals surface area contributed by atoms with Crippen LogP contribution in [-0.4, -0.2) is 35.2 Å². The van der Waals surface area contributed by atoms with Crippen LogP contribution >= 0.6 is 0 Å². The van der Waals surface area contributed by atoms with Crippen LogP contribution in [-0.2, 0) is 0 Å². The molecule has 1 unspecified atom stereocenters. The van der Waals surface area contributed by atoms with Crippen molar-refractivity contribution in [3.8, 4) is 0 Å². The molecular weight excluding hydrogens is 264 g/mol. The molecule has 0 spiro atoms. The Balaban J connectivity index is 1.97. The largest absolute Gasteiger partial charge is 0.393 e. The van der Waals surface area contributed by atoms with Gasteiger partial charge in [0.1, 0.15) is 0 Å². The summed E-state index contributed by atoms with van der Waals surface area (Å²) in [6.45, 7) is 7.51. The van der Waals surface area contributed by atoms with Gasteiger partial charge in [-0.3, -0.25) is 0 Å². The van der Waals surface area contributed by atoms with Crippen LogP contribution in [0.4, 0.5) is 10.5 Å². The molecule has 1 fully saturated rings. The van der Waals surface area contributed by atoms with Crippen molar-refractivity contribution in [2.45, 2.75) is 45.6 Å². The molecule has 0 bridgehead atoms. The monoisotopic (exact) mass is 290 g/mol. The van der Waals surface area contributed by atoms with Crippen LogP contribution in [0.1, 0.15) is 45.1 Å². The van der Waals surface area contributed by atoms with Crippen LogP contribution in [0.2, 0.25) is 0 Å². The molecule has 0 saturated carbocycles. The minimum absolute atomic E-state index is 0.0351. The van der Waals surface area contributed by atoms with Gasteiger partial charge >= 0.3 is 6.03 Å². The number of piperidine rings is 1. The predicted octanol–water partition coefficient (Wildman–Crippen LogP) is 3.43. The van der Waals surface area contributed by atoms with Crippen LogP contribution in [0, 0.1) is 5.92 Å². The lowest BCUT2D eigenvalue weighted by Gasteiger charge is -2.33. The van der Waals surface area contributed by atoms with Crippen molar-refractivity contribution in [1.82, 2.24) is 4.90 Å². The molecule has 116 valence electrons. The summed E-state index contributed by atoms with van der Waals surface area (Å²) in [5, 5.41) is 12.6. The Morgan fingerprint density at radius 1 is 1.24 bits per heavy atom. The van der Waals surface area contributed by atoms with E-state index in [9.17, 15) is 9.90 Å². The minimum Gasteiger partial charge on any atom is -0.393 e. The number of carbonyl (C=O) groups is 1. The number of amides is 2. The van der Waals surface area contributed by atoms with Gasteiger partial charge in [0.2, 0.25) is 0 Å². The lowest BCUT2D eigenvalue weighted by Crippen LogP contribution is -2.42. The van der Waals surface area contributed by atoms with Gasteiger partial charge in [0.25, 0.3) is 0 Å². The van der Waals surface area contributed by atoms with Crippen molar-refractivity contribution in [3.05, 3.63) is 29.8 Å². The lowest BCUT2D eigenvalue weighted by molar-refractivity contribution is 0.0820. The number of aliphatic hydroxyl groups is 1.